The van der Waals surface area contributed by atoms with E-state index in [1.807, 2.05) is 0 Å². The quantitative estimate of drug-likeness (QED) is 0.863. The summed E-state index contributed by atoms with van der Waals surface area (Å²) in [6.45, 7) is 1.75. The molecule has 0 saturated heterocycles. The van der Waals surface area contributed by atoms with Gasteiger partial charge in [-0.3, -0.25) is 9.78 Å². The number of carbonyl (C=O) groups is 2. The van der Waals surface area contributed by atoms with Gasteiger partial charge >= 0.3 is 5.97 Å². The Labute approximate surface area is 134 Å². The molecule has 2 rings (SSSR count). The Morgan fingerprint density at radius 2 is 2.05 bits per heavy atom. The molecule has 1 aromatic heterocycles. The highest BCUT2D eigenvalue weighted by Crippen LogP contribution is 2.28. The number of anilines is 1. The van der Waals surface area contributed by atoms with E-state index in [0.29, 0.717) is 10.2 Å². The molecule has 0 aliphatic rings. The summed E-state index contributed by atoms with van der Waals surface area (Å²) in [5.41, 5.74) is 1.01. The van der Waals surface area contributed by atoms with Crippen LogP contribution in [0.4, 0.5) is 5.69 Å². The second kappa shape index (κ2) is 6.24. The summed E-state index contributed by atoms with van der Waals surface area (Å²) in [6, 6.07) is 6.17. The lowest BCUT2D eigenvalue weighted by atomic mass is 10.1. The van der Waals surface area contributed by atoms with Crippen molar-refractivity contribution in [2.75, 3.05) is 5.32 Å². The van der Waals surface area contributed by atoms with E-state index in [-0.39, 0.29) is 21.8 Å². The van der Waals surface area contributed by atoms with Crippen molar-refractivity contribution in [1.29, 1.82) is 0 Å². The number of nitrogens with zero attached hydrogens (tertiary/aromatic N) is 1. The zero-order chi connectivity index (χ0) is 15.6. The number of nitrogens with one attached hydrogen (secondary N) is 1. The van der Waals surface area contributed by atoms with Crippen molar-refractivity contribution in [3.8, 4) is 0 Å². The number of hydrogen-bond donors (Lipinski definition) is 2. The fourth-order valence-corrected chi connectivity index (χ4v) is 2.46. The van der Waals surface area contributed by atoms with Gasteiger partial charge in [0.25, 0.3) is 5.91 Å². The summed E-state index contributed by atoms with van der Waals surface area (Å²) in [7, 11) is 0. The van der Waals surface area contributed by atoms with Crippen LogP contribution in [-0.4, -0.2) is 22.0 Å². The average Bonchev–Trinajstić information content (AvgIpc) is 2.40. The third-order valence-electron chi connectivity index (χ3n) is 2.72. The van der Waals surface area contributed by atoms with E-state index in [2.05, 4.69) is 26.2 Å². The molecule has 0 aliphatic carbocycles. The molecule has 0 unspecified atom stereocenters. The third-order valence-corrected chi connectivity index (χ3v) is 3.69. The number of amides is 1. The smallest absolute Gasteiger partial charge is 0.337 e. The van der Waals surface area contributed by atoms with Gasteiger partial charge in [0.05, 0.1) is 21.8 Å². The SMILES string of the molecule is Cc1cc(Cl)c(C(=O)Nc2c(Br)cccc2C(=O)O)cn1. The number of aromatic nitrogens is 1. The number of pyridine rings is 1. The zero-order valence-electron chi connectivity index (χ0n) is 10.9. The van der Waals surface area contributed by atoms with Crippen molar-refractivity contribution in [3.05, 3.63) is 56.8 Å². The van der Waals surface area contributed by atoms with E-state index in [1.54, 1.807) is 25.1 Å². The number of halogens is 2. The van der Waals surface area contributed by atoms with Crippen LogP contribution < -0.4 is 5.32 Å². The van der Waals surface area contributed by atoms with Crippen molar-refractivity contribution >= 4 is 45.1 Å². The minimum atomic E-state index is -1.14. The van der Waals surface area contributed by atoms with Gasteiger partial charge in [0.1, 0.15) is 0 Å². The summed E-state index contributed by atoms with van der Waals surface area (Å²) in [4.78, 5) is 27.4. The highest BCUT2D eigenvalue weighted by atomic mass is 79.9. The Hall–Kier alpha value is -1.92. The summed E-state index contributed by atoms with van der Waals surface area (Å²) in [6.07, 6.45) is 1.35. The maximum atomic E-state index is 12.2. The Morgan fingerprint density at radius 1 is 1.33 bits per heavy atom. The molecule has 0 saturated carbocycles. The number of hydrogen-bond acceptors (Lipinski definition) is 3. The van der Waals surface area contributed by atoms with Gasteiger partial charge in [-0.05, 0) is 41.1 Å². The zero-order valence-corrected chi connectivity index (χ0v) is 13.2. The van der Waals surface area contributed by atoms with E-state index in [0.717, 1.165) is 0 Å². The summed E-state index contributed by atoms with van der Waals surface area (Å²) >= 11 is 9.22. The topological polar surface area (TPSA) is 79.3 Å². The third kappa shape index (κ3) is 3.40. The molecule has 0 radical (unpaired) electrons. The van der Waals surface area contributed by atoms with Crippen LogP contribution in [0.2, 0.25) is 5.02 Å². The number of benzene rings is 1. The molecule has 1 heterocycles. The first kappa shape index (κ1) is 15.5. The molecular weight excluding hydrogens is 360 g/mol. The first-order valence-electron chi connectivity index (χ1n) is 5.85. The Bertz CT molecular complexity index is 734. The van der Waals surface area contributed by atoms with E-state index in [4.69, 9.17) is 16.7 Å². The minimum Gasteiger partial charge on any atom is -0.478 e. The average molecular weight is 370 g/mol. The monoisotopic (exact) mass is 368 g/mol. The highest BCUT2D eigenvalue weighted by molar-refractivity contribution is 9.10. The molecule has 0 fully saturated rings. The number of carboxylic acid groups (broad SMARTS) is 1. The maximum absolute atomic E-state index is 12.2. The fraction of sp³-hybridized carbons (Fsp3) is 0.0714. The van der Waals surface area contributed by atoms with Crippen molar-refractivity contribution < 1.29 is 14.7 Å². The molecule has 5 nitrogen and oxygen atoms in total. The number of rotatable bonds is 3. The molecule has 0 aliphatic heterocycles. The number of carbonyl (C=O) groups excluding carboxylic acids is 1. The first-order chi connectivity index (χ1) is 9.90. The highest BCUT2D eigenvalue weighted by Gasteiger charge is 2.18. The van der Waals surface area contributed by atoms with Gasteiger partial charge in [0, 0.05) is 16.4 Å². The molecule has 21 heavy (non-hydrogen) atoms. The van der Waals surface area contributed by atoms with Crippen molar-refractivity contribution in [1.82, 2.24) is 4.98 Å². The van der Waals surface area contributed by atoms with Crippen LogP contribution in [-0.2, 0) is 0 Å². The lowest BCUT2D eigenvalue weighted by molar-refractivity contribution is 0.0698. The summed E-state index contributed by atoms with van der Waals surface area (Å²) < 4.78 is 0.465. The maximum Gasteiger partial charge on any atom is 0.337 e. The molecule has 0 spiro atoms. The predicted molar refractivity (Wildman–Crippen MR) is 83.0 cm³/mol. The molecule has 0 bridgehead atoms. The Morgan fingerprint density at radius 3 is 2.67 bits per heavy atom. The number of para-hydroxylation sites is 1. The second-order valence-electron chi connectivity index (χ2n) is 4.23. The first-order valence-corrected chi connectivity index (χ1v) is 7.02. The lowest BCUT2D eigenvalue weighted by Crippen LogP contribution is -2.16. The van der Waals surface area contributed by atoms with Crippen LogP contribution in [0.5, 0.6) is 0 Å². The number of aryl methyl sites for hydroxylation is 1. The summed E-state index contributed by atoms with van der Waals surface area (Å²) in [5.74, 6) is -1.67. The van der Waals surface area contributed by atoms with Crippen LogP contribution in [0.15, 0.2) is 34.9 Å². The fourth-order valence-electron chi connectivity index (χ4n) is 1.70. The van der Waals surface area contributed by atoms with Gasteiger partial charge in [-0.1, -0.05) is 17.7 Å². The van der Waals surface area contributed by atoms with Crippen molar-refractivity contribution in [2.45, 2.75) is 6.92 Å². The lowest BCUT2D eigenvalue weighted by Gasteiger charge is -2.11. The number of carboxylic acids is 1. The summed E-state index contributed by atoms with van der Waals surface area (Å²) in [5, 5.41) is 12.0. The van der Waals surface area contributed by atoms with Crippen LogP contribution in [0.25, 0.3) is 0 Å². The van der Waals surface area contributed by atoms with Gasteiger partial charge in [0.2, 0.25) is 0 Å². The predicted octanol–water partition coefficient (Wildman–Crippen LogP) is 3.76. The molecule has 1 aromatic carbocycles. The largest absolute Gasteiger partial charge is 0.478 e. The van der Waals surface area contributed by atoms with E-state index >= 15 is 0 Å². The van der Waals surface area contributed by atoms with Crippen molar-refractivity contribution in [3.63, 3.8) is 0 Å². The minimum absolute atomic E-state index is 0.0195. The molecule has 0 atom stereocenters. The van der Waals surface area contributed by atoms with Crippen LogP contribution in [0.1, 0.15) is 26.4 Å². The molecular formula is C14H10BrClN2O3. The second-order valence-corrected chi connectivity index (χ2v) is 5.49. The van der Waals surface area contributed by atoms with E-state index < -0.39 is 11.9 Å². The molecule has 1 amide bonds. The molecule has 2 N–H and O–H groups in total. The molecule has 2 aromatic rings. The normalized spacial score (nSPS) is 10.2. The van der Waals surface area contributed by atoms with Gasteiger partial charge in [-0.25, -0.2) is 4.79 Å². The number of aromatic carboxylic acids is 1. The van der Waals surface area contributed by atoms with E-state index in [1.165, 1.54) is 12.3 Å². The molecule has 7 heteroatoms. The van der Waals surface area contributed by atoms with Gasteiger partial charge < -0.3 is 10.4 Å². The van der Waals surface area contributed by atoms with Gasteiger partial charge in [-0.2, -0.15) is 0 Å². The van der Waals surface area contributed by atoms with Crippen LogP contribution in [0.3, 0.4) is 0 Å². The standard InChI is InChI=1S/C14H10BrClN2O3/c1-7-5-11(16)9(6-17-7)13(19)18-12-8(14(20)21)3-2-4-10(12)15/h2-6H,1H3,(H,18,19)(H,20,21). The molecule has 108 valence electrons. The Balaban J connectivity index is 2.38. The van der Waals surface area contributed by atoms with Gasteiger partial charge in [-0.15, -0.1) is 0 Å². The van der Waals surface area contributed by atoms with Crippen LogP contribution >= 0.6 is 27.5 Å². The van der Waals surface area contributed by atoms with Gasteiger partial charge in [0.15, 0.2) is 0 Å². The Kier molecular flexibility index (Phi) is 4.59. The van der Waals surface area contributed by atoms with E-state index in [9.17, 15) is 9.59 Å². The van der Waals surface area contributed by atoms with Crippen molar-refractivity contribution in [2.24, 2.45) is 0 Å². The van der Waals surface area contributed by atoms with Crippen LogP contribution in [0, 0.1) is 6.92 Å².